The zero-order valence-corrected chi connectivity index (χ0v) is 25.8. The Morgan fingerprint density at radius 1 is 0.674 bits per heavy atom. The first kappa shape index (κ1) is 32.5. The molecule has 1 unspecified atom stereocenters. The van der Waals surface area contributed by atoms with Gasteiger partial charge in [-0.05, 0) is 48.1 Å². The number of piperidine rings is 1. The molecular formula is C33H34F6N4O2S. The van der Waals surface area contributed by atoms with Crippen molar-refractivity contribution >= 4 is 23.2 Å². The van der Waals surface area contributed by atoms with Crippen LogP contribution < -0.4 is 0 Å². The van der Waals surface area contributed by atoms with Crippen LogP contribution in [0.1, 0.15) is 55.5 Å². The summed E-state index contributed by atoms with van der Waals surface area (Å²) in [6.45, 7) is 4.99. The van der Waals surface area contributed by atoms with Crippen LogP contribution in [-0.2, 0) is 12.4 Å². The summed E-state index contributed by atoms with van der Waals surface area (Å²) in [5.41, 5.74) is -2.66. The molecule has 1 aromatic heterocycles. The predicted molar refractivity (Wildman–Crippen MR) is 162 cm³/mol. The summed E-state index contributed by atoms with van der Waals surface area (Å²) in [6.07, 6.45) is -8.62. The first-order valence-corrected chi connectivity index (χ1v) is 16.2. The van der Waals surface area contributed by atoms with Crippen LogP contribution >= 0.6 is 11.3 Å². The number of likely N-dealkylation sites (tertiary alicyclic amines) is 2. The summed E-state index contributed by atoms with van der Waals surface area (Å²) in [7, 11) is 0. The average molecular weight is 665 g/mol. The molecule has 3 atom stereocenters. The molecule has 13 heteroatoms. The molecule has 0 aliphatic carbocycles. The lowest BCUT2D eigenvalue weighted by Crippen LogP contribution is -2.58. The first-order valence-electron chi connectivity index (χ1n) is 15.3. The second kappa shape index (κ2) is 13.0. The van der Waals surface area contributed by atoms with E-state index in [-0.39, 0.29) is 43.1 Å². The maximum Gasteiger partial charge on any atom is 0.416 e. The molecule has 3 fully saturated rings. The van der Waals surface area contributed by atoms with Gasteiger partial charge in [0.25, 0.3) is 11.8 Å². The van der Waals surface area contributed by atoms with Gasteiger partial charge in [0, 0.05) is 75.9 Å². The lowest BCUT2D eigenvalue weighted by molar-refractivity contribution is -0.143. The van der Waals surface area contributed by atoms with Crippen molar-refractivity contribution < 1.29 is 35.9 Å². The number of rotatable bonds is 5. The average Bonchev–Trinajstić information content (AvgIpc) is 3.77. The minimum absolute atomic E-state index is 0.0418. The van der Waals surface area contributed by atoms with E-state index >= 15 is 0 Å². The Hall–Kier alpha value is -3.42. The highest BCUT2D eigenvalue weighted by Crippen LogP contribution is 2.38. The second-order valence-corrected chi connectivity index (χ2v) is 13.1. The van der Waals surface area contributed by atoms with E-state index in [1.165, 1.54) is 16.2 Å². The molecule has 0 bridgehead atoms. The van der Waals surface area contributed by atoms with Gasteiger partial charge in [-0.1, -0.05) is 36.4 Å². The molecule has 3 saturated heterocycles. The van der Waals surface area contributed by atoms with E-state index in [1.54, 1.807) is 0 Å². The van der Waals surface area contributed by atoms with Gasteiger partial charge in [0.05, 0.1) is 16.0 Å². The van der Waals surface area contributed by atoms with E-state index in [0.29, 0.717) is 25.1 Å². The minimum Gasteiger partial charge on any atom is -0.338 e. The van der Waals surface area contributed by atoms with Crippen molar-refractivity contribution in [2.45, 2.75) is 43.2 Å². The highest BCUT2D eigenvalue weighted by atomic mass is 32.1. The van der Waals surface area contributed by atoms with E-state index in [4.69, 9.17) is 0 Å². The van der Waals surface area contributed by atoms with Gasteiger partial charge in [0.15, 0.2) is 0 Å². The van der Waals surface area contributed by atoms with Gasteiger partial charge < -0.3 is 9.80 Å². The molecule has 4 heterocycles. The maximum absolute atomic E-state index is 13.5. The third-order valence-electron chi connectivity index (χ3n) is 9.44. The number of alkyl halides is 6. The van der Waals surface area contributed by atoms with Crippen molar-refractivity contribution in [3.05, 3.63) is 93.2 Å². The van der Waals surface area contributed by atoms with Crippen LogP contribution in [0.3, 0.4) is 0 Å². The molecule has 2 aromatic carbocycles. The van der Waals surface area contributed by atoms with Gasteiger partial charge in [-0.25, -0.2) is 0 Å². The van der Waals surface area contributed by atoms with E-state index in [1.807, 2.05) is 52.7 Å². The molecule has 0 spiro atoms. The van der Waals surface area contributed by atoms with Gasteiger partial charge in [-0.15, -0.1) is 11.3 Å². The van der Waals surface area contributed by atoms with Crippen molar-refractivity contribution in [2.24, 2.45) is 0 Å². The number of halogens is 6. The Morgan fingerprint density at radius 3 is 1.89 bits per heavy atom. The SMILES string of the molecule is O=C(c1cc(C(F)(F)F)cc(C(F)(F)F)c1)N1CC[C@@H](N2CCN(C3CCN(C(=O)c4cccs4)C3)CC2)[C@@H](c2ccccc2)C1. The summed E-state index contributed by atoms with van der Waals surface area (Å²) < 4.78 is 81.0. The number of amides is 2. The molecule has 6 rings (SSSR count). The van der Waals surface area contributed by atoms with Crippen LogP contribution in [-0.4, -0.2) is 95.9 Å². The van der Waals surface area contributed by atoms with Crippen molar-refractivity contribution in [3.8, 4) is 0 Å². The van der Waals surface area contributed by atoms with Gasteiger partial charge in [0.1, 0.15) is 0 Å². The second-order valence-electron chi connectivity index (χ2n) is 12.2. The quantitative estimate of drug-likeness (QED) is 0.300. The molecule has 2 amide bonds. The maximum atomic E-state index is 13.5. The zero-order chi connectivity index (χ0) is 32.6. The monoisotopic (exact) mass is 664 g/mol. The summed E-state index contributed by atoms with van der Waals surface area (Å²) in [4.78, 5) is 35.2. The summed E-state index contributed by atoms with van der Waals surface area (Å²) >= 11 is 1.45. The number of hydrogen-bond donors (Lipinski definition) is 0. The van der Waals surface area contributed by atoms with E-state index in [0.717, 1.165) is 49.6 Å². The normalized spacial score (nSPS) is 23.6. The number of carbonyl (C=O) groups excluding carboxylic acids is 2. The number of benzene rings is 2. The third-order valence-corrected chi connectivity index (χ3v) is 10.3. The number of carbonyl (C=O) groups is 2. The van der Waals surface area contributed by atoms with Gasteiger partial charge in [0.2, 0.25) is 0 Å². The lowest BCUT2D eigenvalue weighted by Gasteiger charge is -2.47. The smallest absolute Gasteiger partial charge is 0.338 e. The van der Waals surface area contributed by atoms with Gasteiger partial charge >= 0.3 is 12.4 Å². The zero-order valence-electron chi connectivity index (χ0n) is 24.9. The van der Waals surface area contributed by atoms with Crippen molar-refractivity contribution in [3.63, 3.8) is 0 Å². The topological polar surface area (TPSA) is 47.1 Å². The molecule has 3 aliphatic rings. The van der Waals surface area contributed by atoms with Crippen molar-refractivity contribution in [2.75, 3.05) is 52.4 Å². The molecule has 0 N–H and O–H groups in total. The molecule has 246 valence electrons. The number of hydrogen-bond acceptors (Lipinski definition) is 5. The van der Waals surface area contributed by atoms with E-state index < -0.39 is 35.0 Å². The van der Waals surface area contributed by atoms with Crippen molar-refractivity contribution in [1.82, 2.24) is 19.6 Å². The molecular weight excluding hydrogens is 630 g/mol. The fourth-order valence-corrected chi connectivity index (χ4v) is 7.76. The predicted octanol–water partition coefficient (Wildman–Crippen LogP) is 6.32. The summed E-state index contributed by atoms with van der Waals surface area (Å²) in [6, 6.07) is 14.7. The van der Waals surface area contributed by atoms with Crippen LogP contribution in [0.2, 0.25) is 0 Å². The Labute approximate surface area is 267 Å². The minimum atomic E-state index is -5.03. The van der Waals surface area contributed by atoms with Crippen LogP contribution in [0.25, 0.3) is 0 Å². The van der Waals surface area contributed by atoms with E-state index in [2.05, 4.69) is 9.80 Å². The number of nitrogens with zero attached hydrogens (tertiary/aromatic N) is 4. The number of piperazine rings is 1. The largest absolute Gasteiger partial charge is 0.416 e. The Kier molecular flexibility index (Phi) is 9.19. The molecule has 6 nitrogen and oxygen atoms in total. The van der Waals surface area contributed by atoms with Crippen LogP contribution in [0.4, 0.5) is 26.3 Å². The van der Waals surface area contributed by atoms with Crippen LogP contribution in [0.15, 0.2) is 66.0 Å². The lowest BCUT2D eigenvalue weighted by atomic mass is 9.84. The molecule has 0 saturated carbocycles. The van der Waals surface area contributed by atoms with Gasteiger partial charge in [-0.3, -0.25) is 19.4 Å². The summed E-state index contributed by atoms with van der Waals surface area (Å²) in [5.74, 6) is -0.949. The summed E-state index contributed by atoms with van der Waals surface area (Å²) in [5, 5.41) is 1.90. The van der Waals surface area contributed by atoms with Crippen molar-refractivity contribution in [1.29, 1.82) is 0 Å². The molecule has 46 heavy (non-hydrogen) atoms. The van der Waals surface area contributed by atoms with Crippen LogP contribution in [0, 0.1) is 0 Å². The Balaban J connectivity index is 1.14. The van der Waals surface area contributed by atoms with Gasteiger partial charge in [-0.2, -0.15) is 26.3 Å². The fourth-order valence-electron chi connectivity index (χ4n) is 7.06. The highest BCUT2D eigenvalue weighted by Gasteiger charge is 2.41. The Bertz CT molecular complexity index is 1490. The molecule has 0 radical (unpaired) electrons. The highest BCUT2D eigenvalue weighted by molar-refractivity contribution is 7.12. The van der Waals surface area contributed by atoms with Crippen LogP contribution in [0.5, 0.6) is 0 Å². The first-order chi connectivity index (χ1) is 21.9. The standard InChI is InChI=1S/C33H34F6N4O2S/c34-32(35,36)24-17-23(18-25(19-24)33(37,38)39)30(44)43-11-9-28(27(21-43)22-5-2-1-3-6-22)41-14-12-40(13-15-41)26-8-10-42(20-26)31(45)29-7-4-16-46-29/h1-7,16-19,26-28H,8-15,20-21H2/t26?,27-,28-/m1/s1. The Morgan fingerprint density at radius 2 is 1.28 bits per heavy atom. The molecule has 3 aromatic rings. The number of thiophene rings is 1. The fraction of sp³-hybridized carbons (Fsp3) is 0.455. The van der Waals surface area contributed by atoms with E-state index in [9.17, 15) is 35.9 Å². The third kappa shape index (κ3) is 6.96. The molecule has 3 aliphatic heterocycles.